The van der Waals surface area contributed by atoms with Crippen molar-refractivity contribution >= 4 is 5.69 Å². The molecule has 1 aromatic carbocycles. The van der Waals surface area contributed by atoms with Crippen LogP contribution in [0.5, 0.6) is 5.75 Å². The molecule has 0 fully saturated rings. The van der Waals surface area contributed by atoms with Crippen molar-refractivity contribution in [2.75, 3.05) is 12.3 Å². The summed E-state index contributed by atoms with van der Waals surface area (Å²) < 4.78 is 7.07. The maximum atomic E-state index is 11.9. The average molecular weight is 301 g/mol. The molecule has 0 atom stereocenters. The van der Waals surface area contributed by atoms with Crippen LogP contribution in [0.25, 0.3) is 11.3 Å². The van der Waals surface area contributed by atoms with Crippen LogP contribution in [0, 0.1) is 0 Å². The second-order valence-electron chi connectivity index (χ2n) is 5.24. The van der Waals surface area contributed by atoms with Gasteiger partial charge in [-0.05, 0) is 43.2 Å². The van der Waals surface area contributed by atoms with Gasteiger partial charge in [-0.25, -0.2) is 4.68 Å². The SMILES string of the molecule is CCCCOc1ccc(-c2cc(N)c(=O)n(CCC)n2)cc1. The van der Waals surface area contributed by atoms with Gasteiger partial charge in [0.15, 0.2) is 0 Å². The van der Waals surface area contributed by atoms with Crippen LogP contribution in [0.2, 0.25) is 0 Å². The van der Waals surface area contributed by atoms with Crippen LogP contribution < -0.4 is 16.0 Å². The van der Waals surface area contributed by atoms with Crippen molar-refractivity contribution in [1.82, 2.24) is 9.78 Å². The molecule has 118 valence electrons. The van der Waals surface area contributed by atoms with E-state index in [4.69, 9.17) is 10.5 Å². The summed E-state index contributed by atoms with van der Waals surface area (Å²) in [5.41, 5.74) is 7.41. The molecule has 0 aliphatic rings. The molecule has 0 saturated carbocycles. The van der Waals surface area contributed by atoms with Crippen LogP contribution >= 0.6 is 0 Å². The highest BCUT2D eigenvalue weighted by atomic mass is 16.5. The Labute approximate surface area is 130 Å². The third kappa shape index (κ3) is 3.87. The van der Waals surface area contributed by atoms with Crippen LogP contribution in [-0.4, -0.2) is 16.4 Å². The number of nitrogens with zero attached hydrogens (tertiary/aromatic N) is 2. The molecule has 1 heterocycles. The van der Waals surface area contributed by atoms with Crippen molar-refractivity contribution in [1.29, 1.82) is 0 Å². The van der Waals surface area contributed by atoms with Gasteiger partial charge in [-0.2, -0.15) is 5.10 Å². The number of anilines is 1. The second kappa shape index (κ2) is 7.64. The Bertz CT molecular complexity index is 663. The molecule has 0 unspecified atom stereocenters. The summed E-state index contributed by atoms with van der Waals surface area (Å²) >= 11 is 0. The number of unbranched alkanes of at least 4 members (excludes halogenated alkanes) is 1. The Kier molecular flexibility index (Phi) is 5.58. The summed E-state index contributed by atoms with van der Waals surface area (Å²) in [6.45, 7) is 5.42. The summed E-state index contributed by atoms with van der Waals surface area (Å²) in [6, 6.07) is 9.32. The summed E-state index contributed by atoms with van der Waals surface area (Å²) in [5.74, 6) is 0.840. The van der Waals surface area contributed by atoms with Gasteiger partial charge in [0.1, 0.15) is 11.4 Å². The van der Waals surface area contributed by atoms with E-state index >= 15 is 0 Å². The normalized spacial score (nSPS) is 10.6. The number of rotatable bonds is 7. The summed E-state index contributed by atoms with van der Waals surface area (Å²) in [7, 11) is 0. The molecule has 2 rings (SSSR count). The van der Waals surface area contributed by atoms with Gasteiger partial charge >= 0.3 is 0 Å². The van der Waals surface area contributed by atoms with Gasteiger partial charge in [0.2, 0.25) is 0 Å². The molecular formula is C17H23N3O2. The number of nitrogen functional groups attached to an aromatic ring is 1. The molecule has 0 bridgehead atoms. The first-order chi connectivity index (χ1) is 10.7. The van der Waals surface area contributed by atoms with Crippen molar-refractivity contribution in [3.05, 3.63) is 40.7 Å². The predicted octanol–water partition coefficient (Wildman–Crippen LogP) is 3.08. The fraction of sp³-hybridized carbons (Fsp3) is 0.412. The van der Waals surface area contributed by atoms with E-state index in [2.05, 4.69) is 12.0 Å². The lowest BCUT2D eigenvalue weighted by molar-refractivity contribution is 0.309. The number of aryl methyl sites for hydroxylation is 1. The highest BCUT2D eigenvalue weighted by Crippen LogP contribution is 2.21. The maximum Gasteiger partial charge on any atom is 0.289 e. The topological polar surface area (TPSA) is 70.1 Å². The molecule has 0 aliphatic heterocycles. The van der Waals surface area contributed by atoms with Crippen molar-refractivity contribution in [2.45, 2.75) is 39.7 Å². The molecule has 1 aromatic heterocycles. The zero-order valence-electron chi connectivity index (χ0n) is 13.2. The van der Waals surface area contributed by atoms with E-state index in [1.807, 2.05) is 31.2 Å². The van der Waals surface area contributed by atoms with Gasteiger partial charge in [0.25, 0.3) is 5.56 Å². The maximum absolute atomic E-state index is 11.9. The molecule has 0 radical (unpaired) electrons. The minimum atomic E-state index is -0.231. The van der Waals surface area contributed by atoms with E-state index in [9.17, 15) is 4.79 Å². The molecule has 0 spiro atoms. The van der Waals surface area contributed by atoms with E-state index in [1.165, 1.54) is 4.68 Å². The van der Waals surface area contributed by atoms with Gasteiger partial charge in [-0.15, -0.1) is 0 Å². The van der Waals surface area contributed by atoms with Crippen LogP contribution in [0.3, 0.4) is 0 Å². The Balaban J connectivity index is 2.22. The van der Waals surface area contributed by atoms with Crippen molar-refractivity contribution in [2.24, 2.45) is 0 Å². The Morgan fingerprint density at radius 2 is 1.91 bits per heavy atom. The highest BCUT2D eigenvalue weighted by molar-refractivity contribution is 5.62. The predicted molar refractivity (Wildman–Crippen MR) is 89.0 cm³/mol. The number of benzene rings is 1. The van der Waals surface area contributed by atoms with E-state index in [0.29, 0.717) is 12.2 Å². The van der Waals surface area contributed by atoms with Gasteiger partial charge in [0, 0.05) is 12.1 Å². The van der Waals surface area contributed by atoms with Gasteiger partial charge in [-0.3, -0.25) is 4.79 Å². The number of hydrogen-bond donors (Lipinski definition) is 1. The molecule has 0 aliphatic carbocycles. The quantitative estimate of drug-likeness (QED) is 0.798. The first-order valence-electron chi connectivity index (χ1n) is 7.76. The largest absolute Gasteiger partial charge is 0.494 e. The van der Waals surface area contributed by atoms with E-state index in [0.717, 1.165) is 37.2 Å². The van der Waals surface area contributed by atoms with Crippen LogP contribution in [-0.2, 0) is 6.54 Å². The highest BCUT2D eigenvalue weighted by Gasteiger charge is 2.07. The molecule has 22 heavy (non-hydrogen) atoms. The molecule has 2 aromatic rings. The third-order valence-electron chi connectivity index (χ3n) is 3.35. The zero-order chi connectivity index (χ0) is 15.9. The molecule has 0 amide bonds. The standard InChI is InChI=1S/C17H23N3O2/c1-3-5-11-22-14-8-6-13(7-9-14)16-12-15(18)17(21)20(19-16)10-4-2/h6-9,12H,3-5,10-11,18H2,1-2H3. The fourth-order valence-electron chi connectivity index (χ4n) is 2.12. The van der Waals surface area contributed by atoms with Gasteiger partial charge < -0.3 is 10.5 Å². The Hall–Kier alpha value is -2.30. The van der Waals surface area contributed by atoms with E-state index in [-0.39, 0.29) is 11.2 Å². The number of aromatic nitrogens is 2. The zero-order valence-corrected chi connectivity index (χ0v) is 13.2. The second-order valence-corrected chi connectivity index (χ2v) is 5.24. The average Bonchev–Trinajstić information content (AvgIpc) is 2.53. The molecule has 0 saturated heterocycles. The summed E-state index contributed by atoms with van der Waals surface area (Å²) in [4.78, 5) is 11.9. The van der Waals surface area contributed by atoms with Crippen LogP contribution in [0.1, 0.15) is 33.1 Å². The van der Waals surface area contributed by atoms with Gasteiger partial charge in [0.05, 0.1) is 12.3 Å². The third-order valence-corrected chi connectivity index (χ3v) is 3.35. The lowest BCUT2D eigenvalue weighted by Gasteiger charge is -2.09. The van der Waals surface area contributed by atoms with Gasteiger partial charge in [-0.1, -0.05) is 20.3 Å². The number of ether oxygens (including phenoxy) is 1. The Morgan fingerprint density at radius 3 is 2.55 bits per heavy atom. The fourth-order valence-corrected chi connectivity index (χ4v) is 2.12. The molecule has 5 nitrogen and oxygen atoms in total. The van der Waals surface area contributed by atoms with Crippen molar-refractivity contribution in [3.8, 4) is 17.0 Å². The number of nitrogens with two attached hydrogens (primary N) is 1. The molecule has 2 N–H and O–H groups in total. The molecule has 5 heteroatoms. The minimum absolute atomic E-state index is 0.224. The lowest BCUT2D eigenvalue weighted by atomic mass is 10.1. The summed E-state index contributed by atoms with van der Waals surface area (Å²) in [5, 5.41) is 4.38. The first kappa shape index (κ1) is 16.1. The molecular weight excluding hydrogens is 278 g/mol. The van der Waals surface area contributed by atoms with E-state index < -0.39 is 0 Å². The summed E-state index contributed by atoms with van der Waals surface area (Å²) in [6.07, 6.45) is 2.99. The van der Waals surface area contributed by atoms with Crippen molar-refractivity contribution in [3.63, 3.8) is 0 Å². The Morgan fingerprint density at radius 1 is 1.18 bits per heavy atom. The lowest BCUT2D eigenvalue weighted by Crippen LogP contribution is -2.25. The smallest absolute Gasteiger partial charge is 0.289 e. The first-order valence-corrected chi connectivity index (χ1v) is 7.76. The minimum Gasteiger partial charge on any atom is -0.494 e. The van der Waals surface area contributed by atoms with Crippen LogP contribution in [0.15, 0.2) is 35.1 Å². The van der Waals surface area contributed by atoms with E-state index in [1.54, 1.807) is 6.07 Å². The monoisotopic (exact) mass is 301 g/mol. The van der Waals surface area contributed by atoms with Crippen LogP contribution in [0.4, 0.5) is 5.69 Å². The van der Waals surface area contributed by atoms with Crippen molar-refractivity contribution < 1.29 is 4.74 Å². The number of hydrogen-bond acceptors (Lipinski definition) is 4.